The van der Waals surface area contributed by atoms with E-state index in [9.17, 15) is 9.18 Å². The molecular weight excluding hydrogens is 355 g/mol. The third kappa shape index (κ3) is 5.13. The molecule has 0 saturated heterocycles. The Morgan fingerprint density at radius 2 is 1.82 bits per heavy atom. The summed E-state index contributed by atoms with van der Waals surface area (Å²) in [6, 6.07) is 16.2. The van der Waals surface area contributed by atoms with Crippen LogP contribution in [-0.2, 0) is 12.8 Å². The highest BCUT2D eigenvalue weighted by molar-refractivity contribution is 5.93. The Bertz CT molecular complexity index is 957. The number of nitrogens with one attached hydrogen (secondary N) is 2. The van der Waals surface area contributed by atoms with Crippen LogP contribution in [0, 0.1) is 12.7 Å². The van der Waals surface area contributed by atoms with Gasteiger partial charge in [0, 0.05) is 18.3 Å². The van der Waals surface area contributed by atoms with Gasteiger partial charge in [0.15, 0.2) is 0 Å². The third-order valence-electron chi connectivity index (χ3n) is 4.34. The highest BCUT2D eigenvalue weighted by Gasteiger charge is 2.11. The lowest BCUT2D eigenvalue weighted by Gasteiger charge is -2.10. The van der Waals surface area contributed by atoms with Gasteiger partial charge < -0.3 is 10.6 Å². The van der Waals surface area contributed by atoms with Crippen molar-refractivity contribution in [2.24, 2.45) is 0 Å². The predicted molar refractivity (Wildman–Crippen MR) is 108 cm³/mol. The number of halogens is 1. The van der Waals surface area contributed by atoms with Crippen molar-refractivity contribution in [3.05, 3.63) is 83.1 Å². The van der Waals surface area contributed by atoms with E-state index in [0.29, 0.717) is 30.2 Å². The van der Waals surface area contributed by atoms with Gasteiger partial charge in [-0.2, -0.15) is 0 Å². The number of carbonyl (C=O) groups is 1. The Kier molecular flexibility index (Phi) is 6.32. The maximum Gasteiger partial charge on any atom is 0.270 e. The van der Waals surface area contributed by atoms with Gasteiger partial charge in [0.05, 0.1) is 0 Å². The molecule has 1 heterocycles. The molecular formula is C22H23FN4O. The first-order valence-corrected chi connectivity index (χ1v) is 9.28. The van der Waals surface area contributed by atoms with Gasteiger partial charge >= 0.3 is 0 Å². The van der Waals surface area contributed by atoms with Crippen LogP contribution in [0.5, 0.6) is 0 Å². The van der Waals surface area contributed by atoms with Crippen LogP contribution in [0.15, 0.2) is 54.6 Å². The van der Waals surface area contributed by atoms with E-state index in [1.807, 2.05) is 24.3 Å². The Labute approximate surface area is 164 Å². The molecule has 0 aliphatic rings. The van der Waals surface area contributed by atoms with E-state index in [1.54, 1.807) is 31.2 Å². The Morgan fingerprint density at radius 3 is 2.54 bits per heavy atom. The standard InChI is InChI=1S/C22H23FN4O/c1-3-16-8-10-18(11-9-16)27-21-14-20(25-15(2)26-21)22(28)24-13-12-17-6-4-5-7-19(17)23/h4-11,14H,3,12-13H2,1-2H3,(H,24,28)(H,25,26,27). The smallest absolute Gasteiger partial charge is 0.270 e. The van der Waals surface area contributed by atoms with E-state index in [1.165, 1.54) is 11.6 Å². The summed E-state index contributed by atoms with van der Waals surface area (Å²) in [5.41, 5.74) is 2.98. The van der Waals surface area contributed by atoms with Gasteiger partial charge in [0.2, 0.25) is 0 Å². The number of anilines is 2. The Morgan fingerprint density at radius 1 is 1.07 bits per heavy atom. The van der Waals surface area contributed by atoms with Crippen LogP contribution < -0.4 is 10.6 Å². The molecule has 144 valence electrons. The van der Waals surface area contributed by atoms with Crippen LogP contribution in [0.25, 0.3) is 0 Å². The lowest BCUT2D eigenvalue weighted by atomic mass is 10.1. The molecule has 2 aromatic carbocycles. The molecule has 1 aromatic heterocycles. The fourth-order valence-electron chi connectivity index (χ4n) is 2.82. The number of aryl methyl sites for hydroxylation is 2. The van der Waals surface area contributed by atoms with E-state index >= 15 is 0 Å². The molecule has 0 aliphatic heterocycles. The second kappa shape index (κ2) is 9.08. The molecule has 5 nitrogen and oxygen atoms in total. The molecule has 28 heavy (non-hydrogen) atoms. The molecule has 0 saturated carbocycles. The normalized spacial score (nSPS) is 10.5. The van der Waals surface area contributed by atoms with Crippen LogP contribution in [0.3, 0.4) is 0 Å². The average Bonchev–Trinajstić information content (AvgIpc) is 2.69. The first-order chi connectivity index (χ1) is 13.5. The summed E-state index contributed by atoms with van der Waals surface area (Å²) in [6.07, 6.45) is 1.39. The second-order valence-corrected chi connectivity index (χ2v) is 6.46. The van der Waals surface area contributed by atoms with E-state index in [0.717, 1.165) is 12.1 Å². The number of hydrogen-bond donors (Lipinski definition) is 2. The third-order valence-corrected chi connectivity index (χ3v) is 4.34. The Hall–Kier alpha value is -3.28. The molecule has 0 spiro atoms. The number of amides is 1. The van der Waals surface area contributed by atoms with Gasteiger partial charge in [-0.15, -0.1) is 0 Å². The molecule has 0 fully saturated rings. The topological polar surface area (TPSA) is 66.9 Å². The molecule has 0 atom stereocenters. The van der Waals surface area contributed by atoms with E-state index in [4.69, 9.17) is 0 Å². The van der Waals surface area contributed by atoms with Crippen LogP contribution in [0.2, 0.25) is 0 Å². The van der Waals surface area contributed by atoms with Crippen molar-refractivity contribution in [3.63, 3.8) is 0 Å². The van der Waals surface area contributed by atoms with Crippen LogP contribution in [0.4, 0.5) is 15.9 Å². The molecule has 6 heteroatoms. The minimum absolute atomic E-state index is 0.268. The molecule has 0 radical (unpaired) electrons. The molecule has 0 bridgehead atoms. The summed E-state index contributed by atoms with van der Waals surface area (Å²) in [5.74, 6) is 0.465. The lowest BCUT2D eigenvalue weighted by Crippen LogP contribution is -2.27. The number of rotatable bonds is 7. The number of nitrogens with zero attached hydrogens (tertiary/aromatic N) is 2. The van der Waals surface area contributed by atoms with Crippen LogP contribution in [0.1, 0.15) is 34.4 Å². The molecule has 0 aliphatic carbocycles. The highest BCUT2D eigenvalue weighted by Crippen LogP contribution is 2.16. The first-order valence-electron chi connectivity index (χ1n) is 9.28. The SMILES string of the molecule is CCc1ccc(Nc2cc(C(=O)NCCc3ccccc3F)nc(C)n2)cc1. The van der Waals surface area contributed by atoms with E-state index < -0.39 is 0 Å². The van der Waals surface area contributed by atoms with Crippen molar-refractivity contribution in [2.45, 2.75) is 26.7 Å². The van der Waals surface area contributed by atoms with Crippen LogP contribution in [-0.4, -0.2) is 22.4 Å². The number of benzene rings is 2. The minimum Gasteiger partial charge on any atom is -0.350 e. The highest BCUT2D eigenvalue weighted by atomic mass is 19.1. The van der Waals surface area contributed by atoms with Crippen molar-refractivity contribution < 1.29 is 9.18 Å². The number of aromatic nitrogens is 2. The summed E-state index contributed by atoms with van der Waals surface area (Å²) in [7, 11) is 0. The van der Waals surface area contributed by atoms with Gasteiger partial charge in [-0.3, -0.25) is 4.79 Å². The summed E-state index contributed by atoms with van der Waals surface area (Å²) in [5, 5.41) is 5.98. The van der Waals surface area contributed by atoms with Gasteiger partial charge in [-0.25, -0.2) is 14.4 Å². The van der Waals surface area contributed by atoms with Crippen molar-refractivity contribution in [2.75, 3.05) is 11.9 Å². The van der Waals surface area contributed by atoms with Gasteiger partial charge in [-0.1, -0.05) is 37.3 Å². The average molecular weight is 378 g/mol. The quantitative estimate of drug-likeness (QED) is 0.647. The van der Waals surface area contributed by atoms with Crippen molar-refractivity contribution in [3.8, 4) is 0 Å². The fourth-order valence-corrected chi connectivity index (χ4v) is 2.82. The lowest BCUT2D eigenvalue weighted by molar-refractivity contribution is 0.0948. The Balaban J connectivity index is 1.64. The zero-order chi connectivity index (χ0) is 19.9. The molecule has 0 unspecified atom stereocenters. The second-order valence-electron chi connectivity index (χ2n) is 6.46. The van der Waals surface area contributed by atoms with Gasteiger partial charge in [0.25, 0.3) is 5.91 Å². The largest absolute Gasteiger partial charge is 0.350 e. The summed E-state index contributed by atoms with van der Waals surface area (Å²) in [6.45, 7) is 4.17. The summed E-state index contributed by atoms with van der Waals surface area (Å²) < 4.78 is 13.7. The maximum atomic E-state index is 13.7. The molecule has 1 amide bonds. The first kappa shape index (κ1) is 19.5. The molecule has 3 aromatic rings. The van der Waals surface area contributed by atoms with Gasteiger partial charge in [0.1, 0.15) is 23.2 Å². The van der Waals surface area contributed by atoms with E-state index in [2.05, 4.69) is 27.5 Å². The van der Waals surface area contributed by atoms with Crippen LogP contribution >= 0.6 is 0 Å². The van der Waals surface area contributed by atoms with Crippen molar-refractivity contribution >= 4 is 17.4 Å². The van der Waals surface area contributed by atoms with Gasteiger partial charge in [-0.05, 0) is 49.1 Å². The maximum absolute atomic E-state index is 13.7. The fraction of sp³-hybridized carbons (Fsp3) is 0.227. The predicted octanol–water partition coefficient (Wildman–Crippen LogP) is 4.20. The number of carbonyl (C=O) groups excluding carboxylic acids is 1. The molecule has 3 rings (SSSR count). The zero-order valence-electron chi connectivity index (χ0n) is 16.0. The van der Waals surface area contributed by atoms with E-state index in [-0.39, 0.29) is 17.4 Å². The van der Waals surface area contributed by atoms with Crippen molar-refractivity contribution in [1.82, 2.24) is 15.3 Å². The summed E-state index contributed by atoms with van der Waals surface area (Å²) in [4.78, 5) is 21.0. The minimum atomic E-state index is -0.314. The summed E-state index contributed by atoms with van der Waals surface area (Å²) >= 11 is 0. The monoisotopic (exact) mass is 378 g/mol. The van der Waals surface area contributed by atoms with Crippen molar-refractivity contribution in [1.29, 1.82) is 0 Å². The number of hydrogen-bond acceptors (Lipinski definition) is 4. The zero-order valence-corrected chi connectivity index (χ0v) is 16.0. The molecule has 2 N–H and O–H groups in total.